The van der Waals surface area contributed by atoms with Crippen molar-refractivity contribution in [2.75, 3.05) is 13.1 Å². The highest BCUT2D eigenvalue weighted by Gasteiger charge is 2.40. The Kier molecular flexibility index (Phi) is 4.11. The Balaban J connectivity index is 1.75. The maximum atomic E-state index is 11.1. The number of carbonyl (C=O) groups is 1. The highest BCUT2D eigenvalue weighted by atomic mass is 16.4. The van der Waals surface area contributed by atoms with Crippen LogP contribution in [-0.4, -0.2) is 34.0 Å². The molecule has 1 unspecified atom stereocenters. The van der Waals surface area contributed by atoms with Crippen molar-refractivity contribution in [1.29, 1.82) is 0 Å². The summed E-state index contributed by atoms with van der Waals surface area (Å²) in [5.74, 6) is -0.484. The maximum Gasteiger partial charge on any atom is 0.303 e. The van der Waals surface area contributed by atoms with Gasteiger partial charge >= 0.3 is 5.97 Å². The Morgan fingerprint density at radius 3 is 2.87 bits per heavy atom. The summed E-state index contributed by atoms with van der Waals surface area (Å²) in [6.07, 6.45) is 0.254. The summed E-state index contributed by atoms with van der Waals surface area (Å²) in [6, 6.07) is 10.6. The third-order valence-corrected chi connectivity index (χ3v) is 4.93. The maximum absolute atomic E-state index is 11.1. The summed E-state index contributed by atoms with van der Waals surface area (Å²) in [5.41, 5.74) is 3.37. The molecule has 2 aromatic rings. The topological polar surface area (TPSA) is 53.4 Å². The molecule has 1 aromatic heterocycles. The second kappa shape index (κ2) is 5.93. The Labute approximate surface area is 137 Å². The number of aryl methyl sites for hydroxylation is 1. The molecule has 0 radical (unpaired) electrons. The first-order valence-corrected chi connectivity index (χ1v) is 8.14. The van der Waals surface area contributed by atoms with Crippen LogP contribution in [0.25, 0.3) is 10.9 Å². The van der Waals surface area contributed by atoms with Crippen molar-refractivity contribution in [3.05, 3.63) is 41.6 Å². The van der Waals surface area contributed by atoms with Gasteiger partial charge in [0.15, 0.2) is 0 Å². The molecule has 1 saturated heterocycles. The SMILES string of the molecule is Cc1ccc2cc(CN3CC(CC(=O)O)C(C)(C)C3)ccc2n1. The van der Waals surface area contributed by atoms with Gasteiger partial charge in [0.25, 0.3) is 0 Å². The van der Waals surface area contributed by atoms with E-state index in [9.17, 15) is 4.79 Å². The number of carboxylic acid groups (broad SMARTS) is 1. The molecule has 1 aliphatic heterocycles. The summed E-state index contributed by atoms with van der Waals surface area (Å²) < 4.78 is 0. The number of fused-ring (bicyclic) bond motifs is 1. The van der Waals surface area contributed by atoms with Crippen LogP contribution in [-0.2, 0) is 11.3 Å². The van der Waals surface area contributed by atoms with E-state index < -0.39 is 5.97 Å². The number of likely N-dealkylation sites (tertiary alicyclic amines) is 1. The van der Waals surface area contributed by atoms with Gasteiger partial charge in [-0.25, -0.2) is 0 Å². The van der Waals surface area contributed by atoms with Crippen molar-refractivity contribution >= 4 is 16.9 Å². The molecule has 0 aliphatic carbocycles. The van der Waals surface area contributed by atoms with E-state index in [1.54, 1.807) is 0 Å². The fraction of sp³-hybridized carbons (Fsp3) is 0.474. The molecule has 4 nitrogen and oxygen atoms in total. The van der Waals surface area contributed by atoms with E-state index in [-0.39, 0.29) is 17.8 Å². The Bertz CT molecular complexity index is 739. The van der Waals surface area contributed by atoms with E-state index in [4.69, 9.17) is 5.11 Å². The molecule has 1 aromatic carbocycles. The number of carboxylic acids is 1. The number of benzene rings is 1. The highest BCUT2D eigenvalue weighted by Crippen LogP contribution is 2.38. The minimum atomic E-state index is -0.697. The van der Waals surface area contributed by atoms with Gasteiger partial charge in [-0.05, 0) is 42.0 Å². The van der Waals surface area contributed by atoms with E-state index in [0.717, 1.165) is 36.2 Å². The number of rotatable bonds is 4. The van der Waals surface area contributed by atoms with Gasteiger partial charge in [-0.15, -0.1) is 0 Å². The van der Waals surface area contributed by atoms with Crippen LogP contribution in [0.2, 0.25) is 0 Å². The summed E-state index contributed by atoms with van der Waals surface area (Å²) in [4.78, 5) is 18.0. The lowest BCUT2D eigenvalue weighted by Gasteiger charge is -2.24. The van der Waals surface area contributed by atoms with Crippen LogP contribution in [0, 0.1) is 18.3 Å². The molecule has 4 heteroatoms. The zero-order chi connectivity index (χ0) is 16.6. The van der Waals surface area contributed by atoms with E-state index in [0.29, 0.717) is 0 Å². The van der Waals surface area contributed by atoms with Crippen molar-refractivity contribution < 1.29 is 9.90 Å². The Morgan fingerprint density at radius 2 is 2.13 bits per heavy atom. The Hall–Kier alpha value is -1.94. The van der Waals surface area contributed by atoms with Crippen molar-refractivity contribution in [2.45, 2.75) is 33.7 Å². The second-order valence-corrected chi connectivity index (χ2v) is 7.43. The number of nitrogens with zero attached hydrogens (tertiary/aromatic N) is 2. The standard InChI is InChI=1S/C19H24N2O2/c1-13-4-6-15-8-14(5-7-17(15)20-13)10-21-11-16(9-18(22)23)19(2,3)12-21/h4-8,16H,9-12H2,1-3H3,(H,22,23). The highest BCUT2D eigenvalue weighted by molar-refractivity contribution is 5.79. The van der Waals surface area contributed by atoms with Crippen LogP contribution in [0.5, 0.6) is 0 Å². The number of aliphatic carboxylic acids is 1. The van der Waals surface area contributed by atoms with Gasteiger partial charge in [0.05, 0.1) is 5.52 Å². The number of pyridine rings is 1. The molecule has 122 valence electrons. The van der Waals surface area contributed by atoms with E-state index in [2.05, 4.69) is 48.0 Å². The van der Waals surface area contributed by atoms with Crippen LogP contribution in [0.3, 0.4) is 0 Å². The lowest BCUT2D eigenvalue weighted by Crippen LogP contribution is -2.24. The fourth-order valence-electron chi connectivity index (χ4n) is 3.63. The van der Waals surface area contributed by atoms with E-state index >= 15 is 0 Å². The Morgan fingerprint density at radius 1 is 1.35 bits per heavy atom. The lowest BCUT2D eigenvalue weighted by molar-refractivity contribution is -0.138. The first-order chi connectivity index (χ1) is 10.8. The molecule has 23 heavy (non-hydrogen) atoms. The van der Waals surface area contributed by atoms with E-state index in [1.807, 2.05) is 13.0 Å². The molecule has 1 aliphatic rings. The van der Waals surface area contributed by atoms with Gasteiger partial charge in [-0.2, -0.15) is 0 Å². The first kappa shape index (κ1) is 15.9. The molecular weight excluding hydrogens is 288 g/mol. The van der Waals surface area contributed by atoms with Crippen molar-refractivity contribution in [3.63, 3.8) is 0 Å². The van der Waals surface area contributed by atoms with Crippen molar-refractivity contribution in [3.8, 4) is 0 Å². The van der Waals surface area contributed by atoms with Gasteiger partial charge in [0.1, 0.15) is 0 Å². The van der Waals surface area contributed by atoms with Gasteiger partial charge in [-0.3, -0.25) is 14.7 Å². The molecule has 1 fully saturated rings. The van der Waals surface area contributed by atoms with Crippen LogP contribution in [0.1, 0.15) is 31.5 Å². The first-order valence-electron chi connectivity index (χ1n) is 8.14. The molecule has 0 bridgehead atoms. The largest absolute Gasteiger partial charge is 0.481 e. The van der Waals surface area contributed by atoms with Crippen molar-refractivity contribution in [2.24, 2.45) is 11.3 Å². The second-order valence-electron chi connectivity index (χ2n) is 7.43. The molecule has 1 N–H and O–H groups in total. The van der Waals surface area contributed by atoms with Crippen molar-refractivity contribution in [1.82, 2.24) is 9.88 Å². The number of hydrogen-bond acceptors (Lipinski definition) is 3. The number of aromatic nitrogens is 1. The molecule has 0 saturated carbocycles. The summed E-state index contributed by atoms with van der Waals surface area (Å²) in [5, 5.41) is 10.3. The zero-order valence-electron chi connectivity index (χ0n) is 14.0. The average molecular weight is 312 g/mol. The molecular formula is C19H24N2O2. The molecule has 0 spiro atoms. The summed E-state index contributed by atoms with van der Waals surface area (Å²) >= 11 is 0. The lowest BCUT2D eigenvalue weighted by atomic mass is 9.80. The molecule has 0 amide bonds. The average Bonchev–Trinajstić information content (AvgIpc) is 2.72. The van der Waals surface area contributed by atoms with Crippen LogP contribution in [0.15, 0.2) is 30.3 Å². The number of hydrogen-bond donors (Lipinski definition) is 1. The zero-order valence-corrected chi connectivity index (χ0v) is 14.0. The third-order valence-electron chi connectivity index (χ3n) is 4.93. The fourth-order valence-corrected chi connectivity index (χ4v) is 3.63. The minimum absolute atomic E-state index is 0.0495. The monoisotopic (exact) mass is 312 g/mol. The molecule has 2 heterocycles. The summed E-state index contributed by atoms with van der Waals surface area (Å²) in [7, 11) is 0. The van der Waals surface area contributed by atoms with Gasteiger partial charge in [0.2, 0.25) is 0 Å². The minimum Gasteiger partial charge on any atom is -0.481 e. The van der Waals surface area contributed by atoms with Gasteiger partial charge in [0, 0.05) is 37.1 Å². The van der Waals surface area contributed by atoms with Gasteiger partial charge < -0.3 is 5.11 Å². The van der Waals surface area contributed by atoms with E-state index in [1.165, 1.54) is 5.56 Å². The van der Waals surface area contributed by atoms with Gasteiger partial charge in [-0.1, -0.05) is 26.0 Å². The normalized spacial score (nSPS) is 20.9. The third kappa shape index (κ3) is 3.53. The predicted molar refractivity (Wildman–Crippen MR) is 91.3 cm³/mol. The predicted octanol–water partition coefficient (Wildman–Crippen LogP) is 3.48. The molecule has 1 atom stereocenters. The molecule has 3 rings (SSSR count). The van der Waals surface area contributed by atoms with Crippen LogP contribution in [0.4, 0.5) is 0 Å². The summed E-state index contributed by atoms with van der Waals surface area (Å²) in [6.45, 7) is 9.01. The smallest absolute Gasteiger partial charge is 0.303 e. The van der Waals surface area contributed by atoms with Crippen LogP contribution >= 0.6 is 0 Å². The van der Waals surface area contributed by atoms with Crippen LogP contribution < -0.4 is 0 Å². The quantitative estimate of drug-likeness (QED) is 0.939.